The molecule has 0 unspecified atom stereocenters. The Bertz CT molecular complexity index is 61.3. The average molecular weight is 609 g/mol. The van der Waals surface area contributed by atoms with Crippen LogP contribution < -0.4 is 0 Å². The van der Waals surface area contributed by atoms with Gasteiger partial charge in [-0.3, -0.25) is 0 Å². The third-order valence-electron chi connectivity index (χ3n) is 1.41. The maximum absolute atomic E-state index is 2.22. The van der Waals surface area contributed by atoms with Gasteiger partial charge in [0.2, 0.25) is 0 Å². The summed E-state index contributed by atoms with van der Waals surface area (Å²) in [5.41, 5.74) is 0. The van der Waals surface area contributed by atoms with E-state index in [1.54, 1.807) is 0 Å². The first-order valence-electron chi connectivity index (χ1n) is 5.10. The Morgan fingerprint density at radius 1 is 0.647 bits per heavy atom. The van der Waals surface area contributed by atoms with Gasteiger partial charge in [-0.1, -0.05) is 61.8 Å². The molecule has 0 saturated carbocycles. The van der Waals surface area contributed by atoms with E-state index in [0.717, 1.165) is 11.8 Å². The molecule has 0 N–H and O–H groups in total. The summed E-state index contributed by atoms with van der Waals surface area (Å²) < 4.78 is 0. The zero-order chi connectivity index (χ0) is 9.98. The molecule has 120 valence electrons. The summed E-state index contributed by atoms with van der Waals surface area (Å²) in [4.78, 5) is 0. The maximum Gasteiger partial charge on any atom is 0 e. The van der Waals surface area contributed by atoms with Crippen LogP contribution in [0.1, 0.15) is 76.7 Å². The Kier molecular flexibility index (Phi) is 90.8. The zero-order valence-electron chi connectivity index (χ0n) is 10.4. The van der Waals surface area contributed by atoms with Crippen LogP contribution in [0.2, 0.25) is 0 Å². The molecule has 0 heterocycles. The van der Waals surface area contributed by atoms with Crippen LogP contribution in [0, 0.1) is 24.7 Å². The monoisotopic (exact) mass is 608 g/mol. The van der Waals surface area contributed by atoms with E-state index in [4.69, 9.17) is 0 Å². The van der Waals surface area contributed by atoms with E-state index in [0.29, 0.717) is 0 Å². The third-order valence-corrected chi connectivity index (χ3v) is 1.41. The molecule has 0 amide bonds. The summed E-state index contributed by atoms with van der Waals surface area (Å²) in [5, 5.41) is 0. The van der Waals surface area contributed by atoms with Gasteiger partial charge in [-0.05, 0) is 0 Å². The molecular weight excluding hydrogens is 570 g/mol. The SMILES string of the molecule is C.C.C.C[CH-]CC(C)C.C[CH-]CC(C)C.[Pt].[Pt]. The Hall–Kier alpha value is 1.38. The van der Waals surface area contributed by atoms with Crippen molar-refractivity contribution in [3.8, 4) is 0 Å². The van der Waals surface area contributed by atoms with Crippen LogP contribution in [-0.4, -0.2) is 0 Å². The van der Waals surface area contributed by atoms with E-state index in [1.165, 1.54) is 12.8 Å². The minimum absolute atomic E-state index is 0. The second kappa shape index (κ2) is 36.0. The van der Waals surface area contributed by atoms with Gasteiger partial charge in [0, 0.05) is 42.1 Å². The second-order valence-electron chi connectivity index (χ2n) is 4.08. The topological polar surface area (TPSA) is 0 Å². The van der Waals surface area contributed by atoms with Gasteiger partial charge in [0.1, 0.15) is 0 Å². The third kappa shape index (κ3) is 75.5. The van der Waals surface area contributed by atoms with Crippen LogP contribution in [0.15, 0.2) is 0 Å². The molecule has 0 aliphatic heterocycles. The van der Waals surface area contributed by atoms with Crippen molar-refractivity contribution in [3.63, 3.8) is 0 Å². The second-order valence-corrected chi connectivity index (χ2v) is 4.08. The number of rotatable bonds is 4. The van der Waals surface area contributed by atoms with E-state index >= 15 is 0 Å². The fourth-order valence-electron chi connectivity index (χ4n) is 0.943. The van der Waals surface area contributed by atoms with E-state index in [1.807, 2.05) is 0 Å². The van der Waals surface area contributed by atoms with Crippen molar-refractivity contribution in [2.45, 2.75) is 76.7 Å². The number of hydrogen-bond donors (Lipinski definition) is 0. The molecule has 0 atom stereocenters. The first kappa shape index (κ1) is 42.9. The maximum atomic E-state index is 2.22. The molecule has 0 aliphatic carbocycles. The molecule has 2 heteroatoms. The van der Waals surface area contributed by atoms with Crippen molar-refractivity contribution in [2.75, 3.05) is 0 Å². The van der Waals surface area contributed by atoms with Crippen molar-refractivity contribution in [2.24, 2.45) is 11.8 Å². The van der Waals surface area contributed by atoms with Crippen LogP contribution in [0.5, 0.6) is 0 Å². The molecule has 0 rings (SSSR count). The summed E-state index contributed by atoms with van der Waals surface area (Å²) in [6.07, 6.45) is 6.90. The fourth-order valence-corrected chi connectivity index (χ4v) is 0.943. The summed E-state index contributed by atoms with van der Waals surface area (Å²) in [6.45, 7) is 13.1. The molecule has 0 nitrogen and oxygen atoms in total. The van der Waals surface area contributed by atoms with Crippen molar-refractivity contribution >= 4 is 0 Å². The van der Waals surface area contributed by atoms with Crippen LogP contribution in [0.3, 0.4) is 0 Å². The smallest absolute Gasteiger partial charge is 0 e. The van der Waals surface area contributed by atoms with Gasteiger partial charge in [-0.15, -0.1) is 0 Å². The Labute approximate surface area is 143 Å². The molecule has 0 aliphatic rings. The van der Waals surface area contributed by atoms with Crippen LogP contribution in [0.4, 0.5) is 0 Å². The fraction of sp³-hybridized carbons (Fsp3) is 0.867. The van der Waals surface area contributed by atoms with E-state index in [9.17, 15) is 0 Å². The first-order chi connectivity index (χ1) is 5.54. The van der Waals surface area contributed by atoms with Gasteiger partial charge in [0.15, 0.2) is 0 Å². The predicted molar refractivity (Wildman–Crippen MR) is 79.1 cm³/mol. The largest absolute Gasteiger partial charge is 0.331 e. The van der Waals surface area contributed by atoms with Crippen LogP contribution in [0.25, 0.3) is 0 Å². The van der Waals surface area contributed by atoms with Crippen molar-refractivity contribution in [1.82, 2.24) is 0 Å². The standard InChI is InChI=1S/2C6H13.3CH4.2Pt/c2*1-4-5-6(2)3;;;;;/h2*4,6H,5H2,1-3H3;3*1H4;;/q2*-1;;;;;. The predicted octanol–water partition coefficient (Wildman–Crippen LogP) is 6.42. The van der Waals surface area contributed by atoms with Gasteiger partial charge in [0.05, 0.1) is 0 Å². The van der Waals surface area contributed by atoms with Gasteiger partial charge in [-0.25, -0.2) is 0 Å². The van der Waals surface area contributed by atoms with Crippen molar-refractivity contribution in [3.05, 3.63) is 12.8 Å². The molecular formula is C15H38Pt2-2. The minimum Gasteiger partial charge on any atom is -0.331 e. The Morgan fingerprint density at radius 2 is 0.824 bits per heavy atom. The van der Waals surface area contributed by atoms with Gasteiger partial charge in [-0.2, -0.15) is 26.7 Å². The van der Waals surface area contributed by atoms with Gasteiger partial charge >= 0.3 is 0 Å². The molecule has 0 saturated heterocycles. The van der Waals surface area contributed by atoms with E-state index in [2.05, 4.69) is 54.4 Å². The molecule has 0 aromatic heterocycles. The van der Waals surface area contributed by atoms with Crippen molar-refractivity contribution < 1.29 is 42.1 Å². The molecule has 0 spiro atoms. The summed E-state index contributed by atoms with van der Waals surface area (Å²) in [7, 11) is 0. The van der Waals surface area contributed by atoms with Crippen molar-refractivity contribution in [1.29, 1.82) is 0 Å². The Morgan fingerprint density at radius 3 is 0.824 bits per heavy atom. The molecule has 0 aromatic rings. The molecule has 0 fully saturated rings. The summed E-state index contributed by atoms with van der Waals surface area (Å²) in [6, 6.07) is 0. The molecule has 17 heavy (non-hydrogen) atoms. The summed E-state index contributed by atoms with van der Waals surface area (Å²) >= 11 is 0. The zero-order valence-corrected chi connectivity index (χ0v) is 14.9. The molecule has 0 radical (unpaired) electrons. The normalized spacial score (nSPS) is 7.06. The van der Waals surface area contributed by atoms with Crippen LogP contribution >= 0.6 is 0 Å². The summed E-state index contributed by atoms with van der Waals surface area (Å²) in [5.74, 6) is 1.69. The van der Waals surface area contributed by atoms with E-state index < -0.39 is 0 Å². The molecule has 0 bridgehead atoms. The minimum atomic E-state index is 0. The number of hydrogen-bond acceptors (Lipinski definition) is 0. The van der Waals surface area contributed by atoms with Gasteiger partial charge < -0.3 is 12.8 Å². The molecule has 0 aromatic carbocycles. The average Bonchev–Trinajstić information content (AvgIpc) is 1.87. The van der Waals surface area contributed by atoms with Crippen LogP contribution in [-0.2, 0) is 42.1 Å². The van der Waals surface area contributed by atoms with E-state index in [-0.39, 0.29) is 64.4 Å². The van der Waals surface area contributed by atoms with Gasteiger partial charge in [0.25, 0.3) is 0 Å². The first-order valence-corrected chi connectivity index (χ1v) is 5.10. The Balaban J connectivity index is -0.0000000182. The quantitative estimate of drug-likeness (QED) is 0.324.